The van der Waals surface area contributed by atoms with Gasteiger partial charge in [0.15, 0.2) is 0 Å². The molecule has 0 amide bonds. The highest BCUT2D eigenvalue weighted by atomic mass is 79.9. The first-order valence-electron chi connectivity index (χ1n) is 4.02. The highest BCUT2D eigenvalue weighted by molar-refractivity contribution is 9.09. The third-order valence-corrected chi connectivity index (χ3v) is 3.69. The Morgan fingerprint density at radius 1 is 1.50 bits per heavy atom. The topological polar surface area (TPSA) is 29.0 Å². The first-order valence-corrected chi connectivity index (χ1v) is 5.71. The lowest BCUT2D eigenvalue weighted by Crippen LogP contribution is -2.33. The fourth-order valence-corrected chi connectivity index (χ4v) is 2.34. The predicted octanol–water partition coefficient (Wildman–Crippen LogP) is 1.90. The summed E-state index contributed by atoms with van der Waals surface area (Å²) in [7, 11) is 0. The van der Waals surface area contributed by atoms with Crippen molar-refractivity contribution >= 4 is 32.6 Å². The van der Waals surface area contributed by atoms with Gasteiger partial charge >= 0.3 is 0 Å². The van der Waals surface area contributed by atoms with Crippen LogP contribution in [-0.2, 0) is 0 Å². The summed E-state index contributed by atoms with van der Waals surface area (Å²) in [6, 6.07) is 0. The van der Waals surface area contributed by atoms with Crippen LogP contribution in [0.3, 0.4) is 0 Å². The van der Waals surface area contributed by atoms with Crippen LogP contribution in [0.5, 0.6) is 0 Å². The number of aromatic nitrogens is 2. The number of piperidine rings is 1. The molecule has 12 heavy (non-hydrogen) atoms. The molecule has 0 bridgehead atoms. The van der Waals surface area contributed by atoms with Crippen molar-refractivity contribution in [3.8, 4) is 0 Å². The Morgan fingerprint density at radius 3 is 2.83 bits per heavy atom. The third-order valence-electron chi connectivity index (χ3n) is 2.04. The van der Waals surface area contributed by atoms with E-state index >= 15 is 0 Å². The smallest absolute Gasteiger partial charge is 0.204 e. The molecule has 0 radical (unpaired) electrons. The minimum absolute atomic E-state index is 0.696. The standard InChI is InChI=1S/C7H10BrN3S/c8-6-1-3-11(4-2-6)7-9-5-10-12-7/h5-6H,1-4H2. The van der Waals surface area contributed by atoms with Gasteiger partial charge in [-0.15, -0.1) is 0 Å². The number of nitrogens with zero attached hydrogens (tertiary/aromatic N) is 3. The zero-order valence-corrected chi connectivity index (χ0v) is 9.01. The van der Waals surface area contributed by atoms with Crippen molar-refractivity contribution in [2.45, 2.75) is 17.7 Å². The van der Waals surface area contributed by atoms with Crippen molar-refractivity contribution in [3.63, 3.8) is 0 Å². The highest BCUT2D eigenvalue weighted by Gasteiger charge is 2.18. The maximum atomic E-state index is 4.18. The second-order valence-corrected chi connectivity index (χ2v) is 4.94. The van der Waals surface area contributed by atoms with Gasteiger partial charge in [-0.2, -0.15) is 4.37 Å². The molecule has 1 aromatic rings. The number of halogens is 1. The van der Waals surface area contributed by atoms with E-state index < -0.39 is 0 Å². The largest absolute Gasteiger partial charge is 0.347 e. The molecule has 1 aromatic heterocycles. The number of hydrogen-bond donors (Lipinski definition) is 0. The first kappa shape index (κ1) is 8.44. The van der Waals surface area contributed by atoms with Gasteiger partial charge in [0.25, 0.3) is 0 Å². The molecule has 0 saturated carbocycles. The summed E-state index contributed by atoms with van der Waals surface area (Å²) < 4.78 is 3.99. The van der Waals surface area contributed by atoms with Crippen LogP contribution in [0, 0.1) is 0 Å². The molecule has 1 saturated heterocycles. The number of rotatable bonds is 1. The molecule has 1 aliphatic heterocycles. The summed E-state index contributed by atoms with van der Waals surface area (Å²) in [6.07, 6.45) is 4.04. The van der Waals surface area contributed by atoms with E-state index in [0.717, 1.165) is 18.2 Å². The second kappa shape index (κ2) is 3.70. The lowest BCUT2D eigenvalue weighted by molar-refractivity contribution is 0.596. The van der Waals surface area contributed by atoms with Gasteiger partial charge in [-0.05, 0) is 12.8 Å². The molecule has 5 heteroatoms. The van der Waals surface area contributed by atoms with Gasteiger partial charge in [0.2, 0.25) is 5.13 Å². The molecule has 3 nitrogen and oxygen atoms in total. The van der Waals surface area contributed by atoms with Crippen molar-refractivity contribution < 1.29 is 0 Å². The van der Waals surface area contributed by atoms with Crippen molar-refractivity contribution in [1.29, 1.82) is 0 Å². The van der Waals surface area contributed by atoms with Crippen LogP contribution in [0.15, 0.2) is 6.33 Å². The van der Waals surface area contributed by atoms with Crippen LogP contribution in [-0.4, -0.2) is 27.3 Å². The van der Waals surface area contributed by atoms with Gasteiger partial charge in [0, 0.05) is 29.4 Å². The molecule has 0 aliphatic carbocycles. The molecule has 2 heterocycles. The van der Waals surface area contributed by atoms with Gasteiger partial charge in [0.05, 0.1) is 0 Å². The Morgan fingerprint density at radius 2 is 2.25 bits per heavy atom. The van der Waals surface area contributed by atoms with Crippen molar-refractivity contribution in [3.05, 3.63) is 6.33 Å². The quantitative estimate of drug-likeness (QED) is 0.711. The normalized spacial score (nSPS) is 19.9. The van der Waals surface area contributed by atoms with Crippen LogP contribution in [0.25, 0.3) is 0 Å². The van der Waals surface area contributed by atoms with Gasteiger partial charge in [-0.1, -0.05) is 15.9 Å². The molecule has 66 valence electrons. The second-order valence-electron chi connectivity index (χ2n) is 2.89. The predicted molar refractivity (Wildman–Crippen MR) is 54.1 cm³/mol. The van der Waals surface area contributed by atoms with E-state index in [1.54, 1.807) is 6.33 Å². The minimum Gasteiger partial charge on any atom is -0.347 e. The third kappa shape index (κ3) is 1.77. The highest BCUT2D eigenvalue weighted by Crippen LogP contribution is 2.23. The van der Waals surface area contributed by atoms with Crippen LogP contribution in [0.4, 0.5) is 5.13 Å². The van der Waals surface area contributed by atoms with E-state index in [2.05, 4.69) is 30.2 Å². The first-order chi connectivity index (χ1) is 5.86. The van der Waals surface area contributed by atoms with Gasteiger partial charge in [0.1, 0.15) is 6.33 Å². The van der Waals surface area contributed by atoms with Crippen molar-refractivity contribution in [1.82, 2.24) is 9.36 Å². The fraction of sp³-hybridized carbons (Fsp3) is 0.714. The molecule has 2 rings (SSSR count). The lowest BCUT2D eigenvalue weighted by Gasteiger charge is -2.28. The summed E-state index contributed by atoms with van der Waals surface area (Å²) in [5.74, 6) is 0. The van der Waals surface area contributed by atoms with E-state index in [-0.39, 0.29) is 0 Å². The monoisotopic (exact) mass is 247 g/mol. The van der Waals surface area contributed by atoms with E-state index in [9.17, 15) is 0 Å². The van der Waals surface area contributed by atoms with Crippen molar-refractivity contribution in [2.75, 3.05) is 18.0 Å². The molecule has 0 spiro atoms. The molecule has 0 unspecified atom stereocenters. The van der Waals surface area contributed by atoms with Crippen LogP contribution >= 0.6 is 27.5 Å². The number of hydrogen-bond acceptors (Lipinski definition) is 4. The van der Waals surface area contributed by atoms with Crippen LogP contribution < -0.4 is 4.90 Å². The summed E-state index contributed by atoms with van der Waals surface area (Å²) in [6.45, 7) is 2.20. The lowest BCUT2D eigenvalue weighted by atomic mass is 10.1. The molecule has 0 N–H and O–H groups in total. The Hall–Kier alpha value is -0.160. The van der Waals surface area contributed by atoms with Gasteiger partial charge < -0.3 is 4.90 Å². The van der Waals surface area contributed by atoms with Gasteiger partial charge in [-0.25, -0.2) is 4.98 Å². The summed E-state index contributed by atoms with van der Waals surface area (Å²) in [4.78, 5) is 7.18. The van der Waals surface area contributed by atoms with E-state index in [0.29, 0.717) is 4.83 Å². The maximum absolute atomic E-state index is 4.18. The summed E-state index contributed by atoms with van der Waals surface area (Å²) in [5, 5.41) is 1.06. The summed E-state index contributed by atoms with van der Waals surface area (Å²) >= 11 is 5.10. The molecule has 0 aromatic carbocycles. The fourth-order valence-electron chi connectivity index (χ4n) is 1.35. The molecule has 1 fully saturated rings. The Kier molecular flexibility index (Phi) is 2.60. The minimum atomic E-state index is 0.696. The summed E-state index contributed by atoms with van der Waals surface area (Å²) in [5.41, 5.74) is 0. The van der Waals surface area contributed by atoms with E-state index in [4.69, 9.17) is 0 Å². The molecule has 0 atom stereocenters. The van der Waals surface area contributed by atoms with Crippen molar-refractivity contribution in [2.24, 2.45) is 0 Å². The Labute approximate surface area is 84.1 Å². The van der Waals surface area contributed by atoms with E-state index in [1.807, 2.05) is 0 Å². The number of anilines is 1. The molecular weight excluding hydrogens is 238 g/mol. The average molecular weight is 248 g/mol. The van der Waals surface area contributed by atoms with E-state index in [1.165, 1.54) is 24.4 Å². The molecular formula is C7H10BrN3S. The maximum Gasteiger partial charge on any atom is 0.204 e. The zero-order valence-electron chi connectivity index (χ0n) is 6.61. The Bertz CT molecular complexity index is 231. The molecule has 1 aliphatic rings. The van der Waals surface area contributed by atoms with Gasteiger partial charge in [-0.3, -0.25) is 0 Å². The zero-order chi connectivity index (χ0) is 8.39. The van der Waals surface area contributed by atoms with Crippen LogP contribution in [0.2, 0.25) is 0 Å². The number of alkyl halides is 1. The average Bonchev–Trinajstić information content (AvgIpc) is 2.58. The Balaban J connectivity index is 1.99. The van der Waals surface area contributed by atoms with Crippen LogP contribution in [0.1, 0.15) is 12.8 Å². The SMILES string of the molecule is BrC1CCN(c2ncns2)CC1.